The van der Waals surface area contributed by atoms with Crippen LogP contribution in [-0.4, -0.2) is 53.3 Å². The van der Waals surface area contributed by atoms with E-state index in [1.54, 1.807) is 6.92 Å². The molecular formula is C31H62O6PS+. The largest absolute Gasteiger partial charge is 0.559 e. The van der Waals surface area contributed by atoms with Crippen molar-refractivity contribution in [2.24, 2.45) is 0 Å². The van der Waals surface area contributed by atoms with E-state index >= 15 is 0 Å². The highest BCUT2D eigenvalue weighted by Gasteiger charge is 2.64. The van der Waals surface area contributed by atoms with Crippen molar-refractivity contribution in [1.29, 1.82) is 0 Å². The van der Waals surface area contributed by atoms with Crippen molar-refractivity contribution in [3.8, 4) is 0 Å². The number of esters is 1. The van der Waals surface area contributed by atoms with Gasteiger partial charge in [0.25, 0.3) is 0 Å². The van der Waals surface area contributed by atoms with Gasteiger partial charge in [-0.25, -0.2) is 4.79 Å². The van der Waals surface area contributed by atoms with Crippen LogP contribution in [0.2, 0.25) is 0 Å². The average Bonchev–Trinajstić information content (AvgIpc) is 2.93. The van der Waals surface area contributed by atoms with E-state index in [4.69, 9.17) is 14.0 Å². The van der Waals surface area contributed by atoms with Crippen LogP contribution in [0.4, 0.5) is 0 Å². The second kappa shape index (κ2) is 25.5. The van der Waals surface area contributed by atoms with Gasteiger partial charge in [-0.1, -0.05) is 117 Å². The van der Waals surface area contributed by atoms with Gasteiger partial charge in [-0.3, -0.25) is 0 Å². The number of carbonyl (C=O) groups excluding carboxylic acids is 1. The molecule has 0 rings (SSSR count). The summed E-state index contributed by atoms with van der Waals surface area (Å²) in [6.45, 7) is 10.1. The summed E-state index contributed by atoms with van der Waals surface area (Å²) >= 11 is 1.94. The lowest BCUT2D eigenvalue weighted by atomic mass is 10.1. The van der Waals surface area contributed by atoms with Crippen molar-refractivity contribution in [3.05, 3.63) is 0 Å². The fourth-order valence-electron chi connectivity index (χ4n) is 4.72. The van der Waals surface area contributed by atoms with E-state index in [1.165, 1.54) is 103 Å². The Morgan fingerprint density at radius 1 is 0.795 bits per heavy atom. The summed E-state index contributed by atoms with van der Waals surface area (Å²) in [4.78, 5) is 12.5. The molecular weight excluding hydrogens is 531 g/mol. The minimum atomic E-state index is -2.71. The van der Waals surface area contributed by atoms with Gasteiger partial charge in [0.05, 0.1) is 13.2 Å². The number of unbranched alkanes of at least 4 members (excludes halogenated alkanes) is 14. The first-order valence-electron chi connectivity index (χ1n) is 16.0. The minimum absolute atomic E-state index is 0.187. The van der Waals surface area contributed by atoms with Gasteiger partial charge in [0.2, 0.25) is 0 Å². The second-order valence-corrected chi connectivity index (χ2v) is 13.7. The number of hydrogen-bond donors (Lipinski definition) is 1. The van der Waals surface area contributed by atoms with E-state index in [2.05, 4.69) is 13.8 Å². The van der Waals surface area contributed by atoms with Crippen molar-refractivity contribution in [1.82, 2.24) is 0 Å². The molecule has 0 aliphatic rings. The molecule has 0 saturated carbocycles. The van der Waals surface area contributed by atoms with Gasteiger partial charge >= 0.3 is 19.3 Å². The Balaban J connectivity index is 4.88. The molecule has 0 saturated heterocycles. The maximum absolute atomic E-state index is 12.8. The van der Waals surface area contributed by atoms with Crippen LogP contribution in [0.25, 0.3) is 0 Å². The van der Waals surface area contributed by atoms with Crippen LogP contribution >= 0.6 is 19.8 Å². The van der Waals surface area contributed by atoms with Gasteiger partial charge in [-0.05, 0) is 43.4 Å². The molecule has 0 radical (unpaired) electrons. The van der Waals surface area contributed by atoms with Crippen LogP contribution in [0.15, 0.2) is 0 Å². The molecule has 0 aromatic rings. The number of carbonyl (C=O) groups is 1. The van der Waals surface area contributed by atoms with E-state index < -0.39 is 25.4 Å². The molecule has 6 nitrogen and oxygen atoms in total. The highest BCUT2D eigenvalue weighted by atomic mass is 32.2. The first-order chi connectivity index (χ1) is 18.8. The van der Waals surface area contributed by atoms with Gasteiger partial charge < -0.3 is 14.6 Å². The molecule has 39 heavy (non-hydrogen) atoms. The van der Waals surface area contributed by atoms with E-state index in [9.17, 15) is 14.5 Å². The van der Waals surface area contributed by atoms with E-state index in [-0.39, 0.29) is 18.0 Å². The summed E-state index contributed by atoms with van der Waals surface area (Å²) in [5.41, 5.74) is 0. The van der Waals surface area contributed by atoms with Crippen molar-refractivity contribution < 1.29 is 28.5 Å². The summed E-state index contributed by atoms with van der Waals surface area (Å²) in [7, 11) is -1.54. The third-order valence-corrected chi connectivity index (χ3v) is 10.4. The maximum Gasteiger partial charge on any atom is 0.559 e. The third-order valence-electron chi connectivity index (χ3n) is 7.36. The zero-order chi connectivity index (χ0) is 29.4. The Bertz CT molecular complexity index is 608. The maximum atomic E-state index is 12.8. The topological polar surface area (TPSA) is 82.1 Å². The van der Waals surface area contributed by atoms with Crippen LogP contribution in [0.5, 0.6) is 0 Å². The first kappa shape index (κ1) is 38.8. The monoisotopic (exact) mass is 593 g/mol. The fourth-order valence-corrected chi connectivity index (χ4v) is 7.21. The number of rotatable bonds is 28. The average molecular weight is 594 g/mol. The number of aliphatic hydroxyl groups is 1. The predicted octanol–water partition coefficient (Wildman–Crippen LogP) is 9.58. The third kappa shape index (κ3) is 17.4. The van der Waals surface area contributed by atoms with Crippen molar-refractivity contribution in [3.63, 3.8) is 0 Å². The van der Waals surface area contributed by atoms with Crippen molar-refractivity contribution >= 4 is 25.8 Å². The molecule has 0 fully saturated rings. The van der Waals surface area contributed by atoms with Crippen LogP contribution in [-0.2, 0) is 23.4 Å². The summed E-state index contributed by atoms with van der Waals surface area (Å²) < 4.78 is 29.1. The molecule has 0 aliphatic heterocycles. The van der Waals surface area contributed by atoms with E-state index in [0.717, 1.165) is 18.6 Å². The standard InChI is InChI=1S/C31H62O6PS/c1-7-10-12-14-16-17-18-19-21-23-26-39-29(24-22-20-15-13-11-8-2)27(4)37-28(5)31(33,30(32)35-6)38(34)36-25-9-3/h27-29,33H,7-26H2,1-6H3/q+1. The molecule has 5 unspecified atom stereocenters. The molecule has 5 atom stereocenters. The Kier molecular flexibility index (Phi) is 25.4. The Morgan fingerprint density at radius 2 is 1.28 bits per heavy atom. The van der Waals surface area contributed by atoms with Gasteiger partial charge in [-0.2, -0.15) is 11.8 Å². The van der Waals surface area contributed by atoms with Gasteiger partial charge in [-0.15, -0.1) is 4.52 Å². The van der Waals surface area contributed by atoms with Gasteiger partial charge in [0.15, 0.2) is 0 Å². The summed E-state index contributed by atoms with van der Waals surface area (Å²) in [6.07, 6.45) is 21.1. The van der Waals surface area contributed by atoms with E-state index in [1.807, 2.05) is 25.6 Å². The van der Waals surface area contributed by atoms with Gasteiger partial charge in [0, 0.05) is 5.25 Å². The SMILES string of the molecule is CCCCCCCCCCCCSC(CCCCCCCC)C(C)OC(C)C(O)(C(=O)OC)[P+](=O)OCCC. The van der Waals surface area contributed by atoms with Crippen LogP contribution in [0, 0.1) is 0 Å². The normalized spacial score (nSPS) is 15.9. The predicted molar refractivity (Wildman–Crippen MR) is 167 cm³/mol. The number of ether oxygens (including phenoxy) is 2. The molecule has 0 bridgehead atoms. The summed E-state index contributed by atoms with van der Waals surface area (Å²) in [5.74, 6) is 0.0960. The molecule has 232 valence electrons. The van der Waals surface area contributed by atoms with Crippen molar-refractivity contribution in [2.45, 2.75) is 173 Å². The van der Waals surface area contributed by atoms with Crippen LogP contribution in [0.1, 0.15) is 150 Å². The molecule has 0 aliphatic carbocycles. The molecule has 0 aromatic heterocycles. The number of thioether (sulfide) groups is 1. The second-order valence-electron chi connectivity index (χ2n) is 10.9. The van der Waals surface area contributed by atoms with Crippen molar-refractivity contribution in [2.75, 3.05) is 19.5 Å². The molecule has 8 heteroatoms. The Labute approximate surface area is 246 Å². The molecule has 0 aromatic carbocycles. The lowest BCUT2D eigenvalue weighted by molar-refractivity contribution is -0.168. The zero-order valence-corrected chi connectivity index (χ0v) is 27.9. The Morgan fingerprint density at radius 3 is 1.77 bits per heavy atom. The molecule has 0 heterocycles. The molecule has 0 spiro atoms. The highest BCUT2D eigenvalue weighted by molar-refractivity contribution is 7.99. The lowest BCUT2D eigenvalue weighted by Crippen LogP contribution is -2.49. The zero-order valence-electron chi connectivity index (χ0n) is 26.2. The first-order valence-corrected chi connectivity index (χ1v) is 18.2. The summed E-state index contributed by atoms with van der Waals surface area (Å²) in [6, 6.07) is 0. The quantitative estimate of drug-likeness (QED) is 0.0549. The molecule has 1 N–H and O–H groups in total. The van der Waals surface area contributed by atoms with Gasteiger partial charge in [0.1, 0.15) is 12.7 Å². The van der Waals surface area contributed by atoms with E-state index in [0.29, 0.717) is 6.42 Å². The minimum Gasteiger partial charge on any atom is -0.463 e. The number of methoxy groups -OCH3 is 1. The molecule has 0 amide bonds. The summed E-state index contributed by atoms with van der Waals surface area (Å²) in [5, 5.41) is 9.04. The Hall–Kier alpha value is -0.200. The lowest BCUT2D eigenvalue weighted by Gasteiger charge is -2.29. The fraction of sp³-hybridized carbons (Fsp3) is 0.968. The van der Waals surface area contributed by atoms with Crippen LogP contribution in [0.3, 0.4) is 0 Å². The number of hydrogen-bond acceptors (Lipinski definition) is 7. The highest BCUT2D eigenvalue weighted by Crippen LogP contribution is 2.43. The van der Waals surface area contributed by atoms with Crippen LogP contribution < -0.4 is 0 Å². The smallest absolute Gasteiger partial charge is 0.463 e.